The number of nitrogens with zero attached hydrogens (tertiary/aromatic N) is 4. The van der Waals surface area contributed by atoms with Gasteiger partial charge in [-0.1, -0.05) is 17.3 Å². The zero-order valence-electron chi connectivity index (χ0n) is 23.2. The van der Waals surface area contributed by atoms with Crippen LogP contribution in [0, 0.1) is 17.3 Å². The predicted molar refractivity (Wildman–Crippen MR) is 144 cm³/mol. The summed E-state index contributed by atoms with van der Waals surface area (Å²) in [5.74, 6) is -0.0966. The van der Waals surface area contributed by atoms with E-state index >= 15 is 0 Å². The second-order valence-corrected chi connectivity index (χ2v) is 13.9. The number of rotatable bonds is 7. The van der Waals surface area contributed by atoms with Crippen LogP contribution in [0.25, 0.3) is 11.1 Å². The van der Waals surface area contributed by atoms with Crippen molar-refractivity contribution in [3.63, 3.8) is 0 Å². The van der Waals surface area contributed by atoms with Gasteiger partial charge in [0.25, 0.3) is 0 Å². The molecule has 10 rings (SSSR count). The zero-order valence-corrected chi connectivity index (χ0v) is 23.2. The molecular weight excluding hydrogens is 550 g/mol. The fraction of sp³-hybridized carbons (Fsp3) is 0.613. The molecule has 1 aromatic carbocycles. The van der Waals surface area contributed by atoms with Crippen molar-refractivity contribution in [3.8, 4) is 11.1 Å². The number of hydrogen-bond donors (Lipinski definition) is 1. The largest absolute Gasteiger partial charge is 0.403 e. The van der Waals surface area contributed by atoms with Crippen molar-refractivity contribution in [3.05, 3.63) is 48.4 Å². The normalized spacial score (nSPS) is 34.3. The highest BCUT2D eigenvalue weighted by molar-refractivity contribution is 5.96. The molecule has 42 heavy (non-hydrogen) atoms. The van der Waals surface area contributed by atoms with Crippen LogP contribution in [-0.4, -0.2) is 44.6 Å². The number of carbonyl (C=O) groups excluding carboxylic acids is 1. The monoisotopic (exact) mass is 583 g/mol. The lowest BCUT2D eigenvalue weighted by Gasteiger charge is -2.53. The van der Waals surface area contributed by atoms with Gasteiger partial charge in [0.15, 0.2) is 5.82 Å². The zero-order chi connectivity index (χ0) is 29.0. The van der Waals surface area contributed by atoms with Crippen molar-refractivity contribution < 1.29 is 26.9 Å². The van der Waals surface area contributed by atoms with Crippen molar-refractivity contribution in [1.82, 2.24) is 20.3 Å². The maximum Gasteiger partial charge on any atom is 0.403 e. The number of aromatic amines is 1. The van der Waals surface area contributed by atoms with E-state index in [1.54, 1.807) is 6.20 Å². The number of benzene rings is 1. The maximum atomic E-state index is 14.9. The van der Waals surface area contributed by atoms with E-state index in [4.69, 9.17) is 4.52 Å². The molecule has 0 aliphatic heterocycles. The Morgan fingerprint density at radius 2 is 1.76 bits per heavy atom. The van der Waals surface area contributed by atoms with Gasteiger partial charge in [-0.25, -0.2) is 4.39 Å². The molecule has 2 heterocycles. The first-order chi connectivity index (χ1) is 20.0. The third-order valence-electron chi connectivity index (χ3n) is 11.5. The predicted octanol–water partition coefficient (Wildman–Crippen LogP) is 6.82. The lowest BCUT2D eigenvalue weighted by Crippen LogP contribution is -2.52. The summed E-state index contributed by atoms with van der Waals surface area (Å²) in [5, 5.41) is 11.0. The molecule has 3 aromatic rings. The summed E-state index contributed by atoms with van der Waals surface area (Å²) in [7, 11) is 0. The van der Waals surface area contributed by atoms with Crippen LogP contribution >= 0.6 is 0 Å². The van der Waals surface area contributed by atoms with Crippen molar-refractivity contribution >= 4 is 11.6 Å². The summed E-state index contributed by atoms with van der Waals surface area (Å²) in [6.45, 7) is 0.536. The van der Waals surface area contributed by atoms with Crippen molar-refractivity contribution in [2.45, 2.75) is 93.3 Å². The van der Waals surface area contributed by atoms with Crippen LogP contribution in [0.3, 0.4) is 0 Å². The molecule has 0 radical (unpaired) electrons. The molecule has 11 heteroatoms. The molecule has 1 amide bonds. The molecule has 2 aromatic heterocycles. The molecule has 1 N–H and O–H groups in total. The molecule has 4 bridgehead atoms. The quantitative estimate of drug-likeness (QED) is 0.309. The van der Waals surface area contributed by atoms with E-state index in [1.165, 1.54) is 0 Å². The summed E-state index contributed by atoms with van der Waals surface area (Å²) in [6.07, 6.45) is 5.04. The van der Waals surface area contributed by atoms with Gasteiger partial charge in [0, 0.05) is 35.3 Å². The second kappa shape index (κ2) is 8.66. The van der Waals surface area contributed by atoms with E-state index in [-0.39, 0.29) is 41.9 Å². The van der Waals surface area contributed by atoms with E-state index in [0.717, 1.165) is 55.3 Å². The number of fused-ring (bicyclic) bond motifs is 4. The molecule has 222 valence electrons. The fourth-order valence-electron chi connectivity index (χ4n) is 8.49. The van der Waals surface area contributed by atoms with E-state index in [2.05, 4.69) is 20.3 Å². The standard InChI is InChI=1S/C31H33F4N5O2/c32-29-13-20(14-29)23(15-29)24(41)40(22-3-1-2-19(12-22)21-16-36-37-17-21)18-27-4-7-28(8-5-27,9-6-27)25-38-26(42-39-25)30(10-11-30)31(33,34)35/h1-3,12,16-17,20,23H,4-11,13-15,18H2,(H,36,37)/t20?,23-,27?,28?,29?/m1/s1. The first-order valence-electron chi connectivity index (χ1n) is 15.0. The number of halogens is 4. The molecule has 1 atom stereocenters. The number of aromatic nitrogens is 4. The minimum absolute atomic E-state index is 0.00263. The number of hydrogen-bond acceptors (Lipinski definition) is 5. The summed E-state index contributed by atoms with van der Waals surface area (Å²) >= 11 is 0. The average Bonchev–Trinajstić information content (AvgIpc) is 3.36. The van der Waals surface area contributed by atoms with Crippen molar-refractivity contribution in [2.75, 3.05) is 11.4 Å². The minimum atomic E-state index is -4.39. The van der Waals surface area contributed by atoms with Crippen LogP contribution in [0.15, 0.2) is 41.2 Å². The highest BCUT2D eigenvalue weighted by atomic mass is 19.4. The molecule has 7 nitrogen and oxygen atoms in total. The van der Waals surface area contributed by atoms with Crippen LogP contribution in [0.4, 0.5) is 23.2 Å². The Labute approximate surface area is 240 Å². The summed E-state index contributed by atoms with van der Waals surface area (Å²) in [4.78, 5) is 20.4. The van der Waals surface area contributed by atoms with Gasteiger partial charge in [0.2, 0.25) is 11.8 Å². The fourth-order valence-corrected chi connectivity index (χ4v) is 8.49. The highest BCUT2D eigenvalue weighted by Gasteiger charge is 2.68. The molecule has 0 unspecified atom stereocenters. The Morgan fingerprint density at radius 1 is 1.02 bits per heavy atom. The molecule has 7 fully saturated rings. The molecule has 7 aliphatic carbocycles. The Kier molecular flexibility index (Phi) is 5.44. The Bertz CT molecular complexity index is 1500. The maximum absolute atomic E-state index is 14.9. The van der Waals surface area contributed by atoms with Gasteiger partial charge in [-0.3, -0.25) is 9.89 Å². The number of alkyl halides is 4. The Morgan fingerprint density at radius 3 is 2.36 bits per heavy atom. The second-order valence-electron chi connectivity index (χ2n) is 13.9. The average molecular weight is 584 g/mol. The van der Waals surface area contributed by atoms with E-state index < -0.39 is 22.7 Å². The van der Waals surface area contributed by atoms with Crippen LogP contribution in [0.1, 0.15) is 82.3 Å². The first kappa shape index (κ1) is 26.4. The molecular formula is C31H33F4N5O2. The van der Waals surface area contributed by atoms with Gasteiger partial charge in [0.05, 0.1) is 6.20 Å². The van der Waals surface area contributed by atoms with Gasteiger partial charge in [0.1, 0.15) is 11.1 Å². The van der Waals surface area contributed by atoms with Crippen LogP contribution < -0.4 is 4.90 Å². The highest BCUT2D eigenvalue weighted by Crippen LogP contribution is 2.62. The third kappa shape index (κ3) is 3.90. The number of H-pyrrole nitrogens is 1. The minimum Gasteiger partial charge on any atom is -0.338 e. The van der Waals surface area contributed by atoms with Crippen LogP contribution in [-0.2, 0) is 15.6 Å². The lowest BCUT2D eigenvalue weighted by atomic mass is 9.53. The van der Waals surface area contributed by atoms with E-state index in [0.29, 0.717) is 31.6 Å². The number of nitrogens with one attached hydrogen (secondary N) is 1. The van der Waals surface area contributed by atoms with Gasteiger partial charge in [-0.05, 0) is 99.7 Å². The van der Waals surface area contributed by atoms with Gasteiger partial charge < -0.3 is 9.42 Å². The molecule has 7 saturated carbocycles. The van der Waals surface area contributed by atoms with Crippen LogP contribution in [0.2, 0.25) is 0 Å². The SMILES string of the molecule is O=C([C@@H]1CC2(F)CC1C2)N(CC12CCC(c3noc(C4(C(F)(F)F)CC4)n3)(CC1)CC2)c1cccc(-c2cn[nH]c2)c1. The van der Waals surface area contributed by atoms with Crippen molar-refractivity contribution in [1.29, 1.82) is 0 Å². The smallest absolute Gasteiger partial charge is 0.338 e. The summed E-state index contributed by atoms with van der Waals surface area (Å²) in [6, 6.07) is 7.88. The molecule has 0 spiro atoms. The van der Waals surface area contributed by atoms with E-state index in [9.17, 15) is 22.4 Å². The molecule has 7 aliphatic rings. The van der Waals surface area contributed by atoms with Gasteiger partial charge in [-0.15, -0.1) is 0 Å². The van der Waals surface area contributed by atoms with Gasteiger partial charge >= 0.3 is 6.18 Å². The van der Waals surface area contributed by atoms with Crippen LogP contribution in [0.5, 0.6) is 0 Å². The number of anilines is 1. The Hall–Kier alpha value is -3.24. The van der Waals surface area contributed by atoms with Crippen molar-refractivity contribution in [2.24, 2.45) is 17.3 Å². The summed E-state index contributed by atoms with van der Waals surface area (Å²) < 4.78 is 61.2. The number of amides is 1. The number of carbonyl (C=O) groups is 1. The third-order valence-corrected chi connectivity index (χ3v) is 11.5. The molecule has 0 saturated heterocycles. The first-order valence-corrected chi connectivity index (χ1v) is 15.0. The van der Waals surface area contributed by atoms with Gasteiger partial charge in [-0.2, -0.15) is 23.3 Å². The lowest BCUT2D eigenvalue weighted by molar-refractivity contribution is -0.166. The Balaban J connectivity index is 1.05. The summed E-state index contributed by atoms with van der Waals surface area (Å²) in [5.41, 5.74) is -1.03. The van der Waals surface area contributed by atoms with E-state index in [1.807, 2.05) is 35.4 Å². The topological polar surface area (TPSA) is 87.9 Å².